The van der Waals surface area contributed by atoms with Crippen molar-refractivity contribution in [3.05, 3.63) is 53.6 Å². The topological polar surface area (TPSA) is 79.3 Å². The van der Waals surface area contributed by atoms with Crippen LogP contribution in [0.4, 0.5) is 11.6 Å². The third-order valence-corrected chi connectivity index (χ3v) is 8.01. The van der Waals surface area contributed by atoms with Crippen LogP contribution in [0.5, 0.6) is 0 Å². The van der Waals surface area contributed by atoms with E-state index in [0.29, 0.717) is 11.1 Å². The average molecular weight is 546 g/mol. The second-order valence-electron chi connectivity index (χ2n) is 11.3. The van der Waals surface area contributed by atoms with Crippen LogP contribution in [0.25, 0.3) is 11.0 Å². The second-order valence-corrected chi connectivity index (χ2v) is 11.3. The number of carbonyl (C=O) groups excluding carboxylic acids is 2. The van der Waals surface area contributed by atoms with Crippen molar-refractivity contribution in [1.29, 1.82) is 0 Å². The summed E-state index contributed by atoms with van der Waals surface area (Å²) in [6, 6.07) is 13.6. The number of aromatic nitrogens is 2. The van der Waals surface area contributed by atoms with Gasteiger partial charge in [-0.05, 0) is 101 Å². The minimum atomic E-state index is -0.00509. The van der Waals surface area contributed by atoms with Gasteiger partial charge in [0.25, 0.3) is 5.91 Å². The number of carbonyl (C=O) groups is 2. The van der Waals surface area contributed by atoms with Gasteiger partial charge in [0.15, 0.2) is 5.78 Å². The van der Waals surface area contributed by atoms with Gasteiger partial charge in [-0.3, -0.25) is 9.59 Å². The number of amides is 1. The highest BCUT2D eigenvalue weighted by Crippen LogP contribution is 2.25. The molecule has 1 saturated heterocycles. The van der Waals surface area contributed by atoms with Crippen LogP contribution in [-0.2, 0) is 6.54 Å². The predicted molar refractivity (Wildman–Crippen MR) is 165 cm³/mol. The number of anilines is 2. The quantitative estimate of drug-likeness (QED) is 0.195. The molecule has 2 N–H and O–H groups in total. The van der Waals surface area contributed by atoms with Gasteiger partial charge in [0.05, 0.1) is 11.0 Å². The monoisotopic (exact) mass is 545 g/mol. The van der Waals surface area contributed by atoms with Gasteiger partial charge in [-0.15, -0.1) is 0 Å². The highest BCUT2D eigenvalue weighted by Gasteiger charge is 2.18. The fraction of sp³-hybridized carbons (Fsp3) is 0.545. The molecule has 40 heavy (non-hydrogen) atoms. The molecule has 216 valence electrons. The zero-order chi connectivity index (χ0) is 28.3. The number of hydrogen-bond acceptors (Lipinski definition) is 5. The number of Topliss-reactive ketones (excluding diaryl/α,β-unsaturated/α-hetero) is 1. The number of ketones is 1. The molecule has 0 aliphatic carbocycles. The Kier molecular flexibility index (Phi) is 11.2. The average Bonchev–Trinajstić information content (AvgIpc) is 3.31. The van der Waals surface area contributed by atoms with Crippen molar-refractivity contribution in [3.63, 3.8) is 0 Å². The summed E-state index contributed by atoms with van der Waals surface area (Å²) in [7, 11) is 0. The van der Waals surface area contributed by atoms with Crippen molar-refractivity contribution in [1.82, 2.24) is 19.8 Å². The lowest BCUT2D eigenvalue weighted by Gasteiger charge is -2.26. The summed E-state index contributed by atoms with van der Waals surface area (Å²) in [6.45, 7) is 10.2. The largest absolute Gasteiger partial charge is 0.349 e. The van der Waals surface area contributed by atoms with Gasteiger partial charge in [0, 0.05) is 29.4 Å². The minimum Gasteiger partial charge on any atom is -0.349 e. The number of likely N-dealkylation sites (tertiary alicyclic amines) is 1. The van der Waals surface area contributed by atoms with E-state index in [1.54, 1.807) is 6.92 Å². The Morgan fingerprint density at radius 2 is 1.55 bits per heavy atom. The molecule has 0 saturated carbocycles. The van der Waals surface area contributed by atoms with Crippen molar-refractivity contribution in [3.8, 4) is 0 Å². The van der Waals surface area contributed by atoms with E-state index in [1.807, 2.05) is 42.5 Å². The summed E-state index contributed by atoms with van der Waals surface area (Å²) in [4.78, 5) is 32.5. The fourth-order valence-corrected chi connectivity index (χ4v) is 5.60. The Morgan fingerprint density at radius 1 is 0.875 bits per heavy atom. The molecule has 1 aliphatic heterocycles. The highest BCUT2D eigenvalue weighted by molar-refractivity contribution is 5.98. The SMILES string of the molecule is CCCCC(CCCC)NC(=O)c1ccc2nc(Nc3ccc(C(C)=O)cc3)n(CCCN3CCCCC3)c2c1. The molecule has 0 atom stereocenters. The standard InChI is InChI=1S/C33H47N5O2/c1-4-6-12-28(13-7-5-2)34-32(40)27-16-19-30-31(24-27)38(23-11-22-37-20-9-8-10-21-37)33(36-30)35-29-17-14-26(15-18-29)25(3)39/h14-19,24,28H,4-13,20-23H2,1-3H3,(H,34,40)(H,35,36). The Hall–Kier alpha value is -3.19. The van der Waals surface area contributed by atoms with Crippen molar-refractivity contribution < 1.29 is 9.59 Å². The number of hydrogen-bond donors (Lipinski definition) is 2. The van der Waals surface area contributed by atoms with Crippen LogP contribution in [-0.4, -0.2) is 51.8 Å². The predicted octanol–water partition coefficient (Wildman–Crippen LogP) is 7.34. The maximum Gasteiger partial charge on any atom is 0.251 e. The summed E-state index contributed by atoms with van der Waals surface area (Å²) in [5, 5.41) is 6.79. The van der Waals surface area contributed by atoms with Gasteiger partial charge in [-0.25, -0.2) is 4.98 Å². The lowest BCUT2D eigenvalue weighted by Crippen LogP contribution is -2.34. The van der Waals surface area contributed by atoms with Gasteiger partial charge in [0.2, 0.25) is 5.95 Å². The molecule has 1 fully saturated rings. The normalized spacial score (nSPS) is 14.1. The summed E-state index contributed by atoms with van der Waals surface area (Å²) >= 11 is 0. The van der Waals surface area contributed by atoms with E-state index in [1.165, 1.54) is 32.4 Å². The lowest BCUT2D eigenvalue weighted by atomic mass is 10.0. The maximum atomic E-state index is 13.4. The smallest absolute Gasteiger partial charge is 0.251 e. The van der Waals surface area contributed by atoms with Crippen molar-refractivity contribution >= 4 is 34.4 Å². The van der Waals surface area contributed by atoms with Crippen molar-refractivity contribution in [2.45, 2.75) is 97.6 Å². The van der Waals surface area contributed by atoms with Crippen LogP contribution >= 0.6 is 0 Å². The van der Waals surface area contributed by atoms with Crippen LogP contribution in [0.2, 0.25) is 0 Å². The first-order valence-electron chi connectivity index (χ1n) is 15.4. The van der Waals surface area contributed by atoms with E-state index in [-0.39, 0.29) is 17.7 Å². The third-order valence-electron chi connectivity index (χ3n) is 8.01. The molecule has 7 heteroatoms. The Bertz CT molecular complexity index is 1240. The molecule has 1 aromatic heterocycles. The molecular weight excluding hydrogens is 498 g/mol. The van der Waals surface area contributed by atoms with E-state index in [4.69, 9.17) is 4.98 Å². The maximum absolute atomic E-state index is 13.4. The number of unbranched alkanes of at least 4 members (excludes halogenated alkanes) is 2. The number of fused-ring (bicyclic) bond motifs is 1. The summed E-state index contributed by atoms with van der Waals surface area (Å²) in [6.07, 6.45) is 11.5. The summed E-state index contributed by atoms with van der Waals surface area (Å²) in [5.74, 6) is 0.800. The molecule has 2 heterocycles. The number of nitrogens with zero attached hydrogens (tertiary/aromatic N) is 3. The van der Waals surface area contributed by atoms with Gasteiger partial charge in [-0.1, -0.05) is 46.0 Å². The summed E-state index contributed by atoms with van der Waals surface area (Å²) in [5.41, 5.74) is 4.08. The van der Waals surface area contributed by atoms with Gasteiger partial charge in [0.1, 0.15) is 0 Å². The molecule has 0 unspecified atom stereocenters. The van der Waals surface area contributed by atoms with Gasteiger partial charge >= 0.3 is 0 Å². The zero-order valence-electron chi connectivity index (χ0n) is 24.7. The number of piperidine rings is 1. The van der Waals surface area contributed by atoms with Crippen LogP contribution < -0.4 is 10.6 Å². The van der Waals surface area contributed by atoms with E-state index < -0.39 is 0 Å². The van der Waals surface area contributed by atoms with Gasteiger partial charge in [-0.2, -0.15) is 0 Å². The first-order valence-corrected chi connectivity index (χ1v) is 15.4. The van der Waals surface area contributed by atoms with Gasteiger partial charge < -0.3 is 20.1 Å². The Balaban J connectivity index is 1.57. The molecule has 1 aliphatic rings. The molecule has 0 radical (unpaired) electrons. The first-order chi connectivity index (χ1) is 19.5. The Morgan fingerprint density at radius 3 is 2.20 bits per heavy atom. The molecule has 3 aromatic rings. The molecular formula is C33H47N5O2. The zero-order valence-corrected chi connectivity index (χ0v) is 24.7. The van der Waals surface area contributed by atoms with E-state index in [0.717, 1.165) is 80.7 Å². The highest BCUT2D eigenvalue weighted by atomic mass is 16.1. The molecule has 7 nitrogen and oxygen atoms in total. The summed E-state index contributed by atoms with van der Waals surface area (Å²) < 4.78 is 2.21. The molecule has 2 aromatic carbocycles. The van der Waals surface area contributed by atoms with E-state index in [9.17, 15) is 9.59 Å². The third kappa shape index (κ3) is 8.17. The molecule has 1 amide bonds. The van der Waals surface area contributed by atoms with Crippen molar-refractivity contribution in [2.75, 3.05) is 25.0 Å². The Labute approximate surface area is 239 Å². The second kappa shape index (κ2) is 15.0. The number of nitrogens with one attached hydrogen (secondary N) is 2. The van der Waals surface area contributed by atoms with Crippen LogP contribution in [0.15, 0.2) is 42.5 Å². The molecule has 0 bridgehead atoms. The first kappa shape index (κ1) is 29.8. The van der Waals surface area contributed by atoms with Crippen LogP contribution in [0.3, 0.4) is 0 Å². The molecule has 4 rings (SSSR count). The number of rotatable bonds is 15. The van der Waals surface area contributed by atoms with E-state index >= 15 is 0 Å². The van der Waals surface area contributed by atoms with Crippen LogP contribution in [0, 0.1) is 0 Å². The lowest BCUT2D eigenvalue weighted by molar-refractivity contribution is 0.0931. The molecule has 0 spiro atoms. The van der Waals surface area contributed by atoms with Crippen molar-refractivity contribution in [2.24, 2.45) is 0 Å². The van der Waals surface area contributed by atoms with Crippen LogP contribution in [0.1, 0.15) is 106 Å². The minimum absolute atomic E-state index is 0.00509. The van der Waals surface area contributed by atoms with E-state index in [2.05, 4.69) is 33.9 Å². The number of imidazole rings is 1. The number of aryl methyl sites for hydroxylation is 1. The number of benzene rings is 2. The fourth-order valence-electron chi connectivity index (χ4n) is 5.60.